The van der Waals surface area contributed by atoms with Crippen LogP contribution in [0.5, 0.6) is 0 Å². The predicted molar refractivity (Wildman–Crippen MR) is 48.9 cm³/mol. The molecule has 0 saturated heterocycles. The van der Waals surface area contributed by atoms with Crippen LogP contribution in [0, 0.1) is 0 Å². The highest BCUT2D eigenvalue weighted by Crippen LogP contribution is 2.20. The molecule has 2 aromatic heterocycles. The minimum atomic E-state index is 0.607. The molecule has 0 atom stereocenters. The van der Waals surface area contributed by atoms with E-state index in [1.165, 1.54) is 0 Å². The van der Waals surface area contributed by atoms with Gasteiger partial charge in [0, 0.05) is 10.7 Å². The Morgan fingerprint density at radius 2 is 2.42 bits per heavy atom. The maximum Gasteiger partial charge on any atom is 0.257 e. The molecule has 0 saturated carbocycles. The molecular formula is C8H7BrN2O. The largest absolute Gasteiger partial charge is 0.336 e. The maximum absolute atomic E-state index is 5.01. The molecule has 0 bridgehead atoms. The Hall–Kier alpha value is -0.900. The average Bonchev–Trinajstić information content (AvgIpc) is 2.46. The van der Waals surface area contributed by atoms with Crippen molar-refractivity contribution < 1.29 is 4.52 Å². The number of nitrogens with zero attached hydrogens (tertiary/aromatic N) is 2. The summed E-state index contributed by atoms with van der Waals surface area (Å²) in [6.07, 6.45) is 2.57. The van der Waals surface area contributed by atoms with Crippen LogP contribution in [-0.2, 0) is 6.42 Å². The molecule has 0 amide bonds. The highest BCUT2D eigenvalue weighted by Gasteiger charge is 2.06. The molecule has 0 aliphatic rings. The van der Waals surface area contributed by atoms with E-state index in [9.17, 15) is 0 Å². The van der Waals surface area contributed by atoms with Crippen LogP contribution in [0.25, 0.3) is 11.1 Å². The lowest BCUT2D eigenvalue weighted by atomic mass is 10.2. The molecule has 12 heavy (non-hydrogen) atoms. The third-order valence-corrected chi connectivity index (χ3v) is 2.14. The molecule has 2 rings (SSSR count). The Morgan fingerprint density at radius 1 is 1.58 bits per heavy atom. The van der Waals surface area contributed by atoms with Gasteiger partial charge in [-0.15, -0.1) is 0 Å². The lowest BCUT2D eigenvalue weighted by molar-refractivity contribution is 0.440. The standard InChI is InChI=1S/C8H7BrN2O/c1-2-7-6-3-5(9)4-10-8(6)12-11-7/h3-4H,2H2,1H3. The van der Waals surface area contributed by atoms with Crippen molar-refractivity contribution in [3.63, 3.8) is 0 Å². The van der Waals surface area contributed by atoms with Gasteiger partial charge in [-0.1, -0.05) is 12.1 Å². The van der Waals surface area contributed by atoms with Gasteiger partial charge in [-0.25, -0.2) is 4.98 Å². The van der Waals surface area contributed by atoms with Crippen molar-refractivity contribution in [3.05, 3.63) is 22.4 Å². The molecule has 0 unspecified atom stereocenters. The van der Waals surface area contributed by atoms with Crippen molar-refractivity contribution in [2.75, 3.05) is 0 Å². The summed E-state index contributed by atoms with van der Waals surface area (Å²) in [6.45, 7) is 2.04. The third kappa shape index (κ3) is 1.12. The van der Waals surface area contributed by atoms with Crippen molar-refractivity contribution in [2.24, 2.45) is 0 Å². The quantitative estimate of drug-likeness (QED) is 0.751. The van der Waals surface area contributed by atoms with Crippen molar-refractivity contribution in [3.8, 4) is 0 Å². The second-order valence-electron chi connectivity index (χ2n) is 2.49. The summed E-state index contributed by atoms with van der Waals surface area (Å²) in [5.74, 6) is 0. The molecule has 62 valence electrons. The van der Waals surface area contributed by atoms with Crippen LogP contribution in [0.3, 0.4) is 0 Å². The summed E-state index contributed by atoms with van der Waals surface area (Å²) in [6, 6.07) is 1.97. The predicted octanol–water partition coefficient (Wildman–Crippen LogP) is 2.55. The summed E-state index contributed by atoms with van der Waals surface area (Å²) in [4.78, 5) is 4.07. The molecule has 0 aliphatic heterocycles. The van der Waals surface area contributed by atoms with Crippen LogP contribution in [0.15, 0.2) is 21.3 Å². The number of hydrogen-bond donors (Lipinski definition) is 0. The smallest absolute Gasteiger partial charge is 0.257 e. The summed E-state index contributed by atoms with van der Waals surface area (Å²) in [7, 11) is 0. The fourth-order valence-corrected chi connectivity index (χ4v) is 1.44. The third-order valence-electron chi connectivity index (χ3n) is 1.71. The lowest BCUT2D eigenvalue weighted by Crippen LogP contribution is -1.79. The Kier molecular flexibility index (Phi) is 1.84. The van der Waals surface area contributed by atoms with Crippen LogP contribution < -0.4 is 0 Å². The lowest BCUT2D eigenvalue weighted by Gasteiger charge is -1.89. The Labute approximate surface area is 77.9 Å². The molecule has 0 aliphatic carbocycles. The minimum Gasteiger partial charge on any atom is -0.336 e. The van der Waals surface area contributed by atoms with Gasteiger partial charge in [0.05, 0.1) is 11.1 Å². The highest BCUT2D eigenvalue weighted by atomic mass is 79.9. The SMILES string of the molecule is CCc1noc2ncc(Br)cc12. The van der Waals surface area contributed by atoms with Gasteiger partial charge in [-0.05, 0) is 28.4 Å². The molecule has 2 aromatic rings. The van der Waals surface area contributed by atoms with Crippen LogP contribution in [0.1, 0.15) is 12.6 Å². The maximum atomic E-state index is 5.01. The molecule has 4 heteroatoms. The van der Waals surface area contributed by atoms with E-state index in [-0.39, 0.29) is 0 Å². The summed E-state index contributed by atoms with van der Waals surface area (Å²) >= 11 is 3.35. The van der Waals surface area contributed by atoms with E-state index in [4.69, 9.17) is 4.52 Å². The van der Waals surface area contributed by atoms with Gasteiger partial charge < -0.3 is 4.52 Å². The fourth-order valence-electron chi connectivity index (χ4n) is 1.11. The monoisotopic (exact) mass is 226 g/mol. The first-order valence-electron chi connectivity index (χ1n) is 3.71. The van der Waals surface area contributed by atoms with Gasteiger partial charge in [0.15, 0.2) is 0 Å². The normalized spacial score (nSPS) is 10.8. The van der Waals surface area contributed by atoms with E-state index in [1.807, 2.05) is 13.0 Å². The van der Waals surface area contributed by atoms with Gasteiger partial charge >= 0.3 is 0 Å². The topological polar surface area (TPSA) is 38.9 Å². The van der Waals surface area contributed by atoms with Crippen molar-refractivity contribution in [1.29, 1.82) is 0 Å². The van der Waals surface area contributed by atoms with Crippen molar-refractivity contribution >= 4 is 27.0 Å². The summed E-state index contributed by atoms with van der Waals surface area (Å²) in [5, 5.41) is 4.89. The van der Waals surface area contributed by atoms with Gasteiger partial charge in [0.1, 0.15) is 0 Å². The number of pyridine rings is 1. The first kappa shape index (κ1) is 7.73. The molecule has 0 aromatic carbocycles. The zero-order valence-corrected chi connectivity index (χ0v) is 8.13. The first-order chi connectivity index (χ1) is 5.81. The number of rotatable bonds is 1. The van der Waals surface area contributed by atoms with E-state index in [0.29, 0.717) is 5.71 Å². The second-order valence-corrected chi connectivity index (χ2v) is 3.40. The number of halogens is 1. The summed E-state index contributed by atoms with van der Waals surface area (Å²) in [5.41, 5.74) is 1.56. The van der Waals surface area contributed by atoms with Gasteiger partial charge in [0.2, 0.25) is 0 Å². The molecule has 2 heterocycles. The number of fused-ring (bicyclic) bond motifs is 1. The highest BCUT2D eigenvalue weighted by molar-refractivity contribution is 9.10. The van der Waals surface area contributed by atoms with E-state index in [1.54, 1.807) is 6.20 Å². The van der Waals surface area contributed by atoms with Gasteiger partial charge in [0.25, 0.3) is 5.71 Å². The zero-order valence-electron chi connectivity index (χ0n) is 6.54. The van der Waals surface area contributed by atoms with Gasteiger partial charge in [-0.2, -0.15) is 0 Å². The number of aromatic nitrogens is 2. The van der Waals surface area contributed by atoms with Crippen LogP contribution in [0.2, 0.25) is 0 Å². The Balaban J connectivity index is 2.75. The van der Waals surface area contributed by atoms with E-state index in [2.05, 4.69) is 26.1 Å². The van der Waals surface area contributed by atoms with Crippen molar-refractivity contribution in [1.82, 2.24) is 10.1 Å². The average molecular weight is 227 g/mol. The molecule has 0 radical (unpaired) electrons. The Bertz CT molecular complexity index is 410. The number of aryl methyl sites for hydroxylation is 1. The zero-order chi connectivity index (χ0) is 8.55. The van der Waals surface area contributed by atoms with Crippen molar-refractivity contribution in [2.45, 2.75) is 13.3 Å². The van der Waals surface area contributed by atoms with E-state index >= 15 is 0 Å². The second kappa shape index (κ2) is 2.86. The van der Waals surface area contributed by atoms with Crippen LogP contribution >= 0.6 is 15.9 Å². The molecule has 0 fully saturated rings. The number of hydrogen-bond acceptors (Lipinski definition) is 3. The molecule has 0 spiro atoms. The van der Waals surface area contributed by atoms with E-state index < -0.39 is 0 Å². The van der Waals surface area contributed by atoms with Gasteiger partial charge in [-0.3, -0.25) is 0 Å². The van der Waals surface area contributed by atoms with E-state index in [0.717, 1.165) is 22.0 Å². The van der Waals surface area contributed by atoms with Crippen LogP contribution in [-0.4, -0.2) is 10.1 Å². The summed E-state index contributed by atoms with van der Waals surface area (Å²) < 4.78 is 5.96. The Morgan fingerprint density at radius 3 is 3.17 bits per heavy atom. The van der Waals surface area contributed by atoms with Crippen LogP contribution in [0.4, 0.5) is 0 Å². The molecule has 0 N–H and O–H groups in total. The first-order valence-corrected chi connectivity index (χ1v) is 4.50. The molecular weight excluding hydrogens is 220 g/mol. The fraction of sp³-hybridized carbons (Fsp3) is 0.250. The molecule has 3 nitrogen and oxygen atoms in total. The minimum absolute atomic E-state index is 0.607.